The predicted molar refractivity (Wildman–Crippen MR) is 145 cm³/mol. The van der Waals surface area contributed by atoms with Crippen LogP contribution in [0.3, 0.4) is 0 Å². The summed E-state index contributed by atoms with van der Waals surface area (Å²) >= 11 is 0. The molecule has 9 heteroatoms. The maximum absolute atomic E-state index is 12.5. The molecule has 2 aromatic carbocycles. The van der Waals surface area contributed by atoms with Gasteiger partial charge >= 0.3 is 0 Å². The highest BCUT2D eigenvalue weighted by atomic mass is 16.5. The minimum atomic E-state index is -0.154. The van der Waals surface area contributed by atoms with Crippen molar-refractivity contribution in [3.05, 3.63) is 66.1 Å². The number of fused-ring (bicyclic) bond motifs is 1. The highest BCUT2D eigenvalue weighted by Crippen LogP contribution is 2.25. The molecular weight excluding hydrogens is 470 g/mol. The Morgan fingerprint density at radius 2 is 1.86 bits per heavy atom. The van der Waals surface area contributed by atoms with E-state index >= 15 is 0 Å². The van der Waals surface area contributed by atoms with Gasteiger partial charge in [0.05, 0.1) is 43.0 Å². The van der Waals surface area contributed by atoms with Gasteiger partial charge in [0, 0.05) is 43.6 Å². The monoisotopic (exact) mass is 505 g/mol. The number of carbonyl (C=O) groups excluding carboxylic acids is 1. The van der Waals surface area contributed by atoms with Crippen molar-refractivity contribution in [3.8, 4) is 5.69 Å². The van der Waals surface area contributed by atoms with Crippen LogP contribution >= 0.6 is 0 Å². The number of rotatable bonds is 11. The SMILES string of the molecule is COCCOCCN(C)c1ccc2c(c1)ncn2-c1ccc(CC(=O)Nc2cc(C(C)(C)C)no2)cc1. The fraction of sp³-hybridized carbons (Fsp3) is 0.393. The Morgan fingerprint density at radius 1 is 1.08 bits per heavy atom. The molecule has 37 heavy (non-hydrogen) atoms. The molecule has 0 saturated carbocycles. The average Bonchev–Trinajstić information content (AvgIpc) is 3.51. The molecule has 0 spiro atoms. The van der Waals surface area contributed by atoms with Crippen LogP contribution in [0.15, 0.2) is 59.4 Å². The zero-order valence-electron chi connectivity index (χ0n) is 22.2. The molecule has 0 aliphatic rings. The standard InChI is InChI=1S/C28H35N5O4/c1-28(2,3)25-18-27(37-31-25)30-26(34)16-20-6-8-21(9-7-20)33-19-29-23-17-22(10-11-24(23)33)32(4)12-13-36-15-14-35-5/h6-11,17-19H,12-16H2,1-5H3,(H,30,34). The van der Waals surface area contributed by atoms with Crippen molar-refractivity contribution >= 4 is 28.5 Å². The van der Waals surface area contributed by atoms with E-state index in [1.807, 2.05) is 63.0 Å². The number of carbonyl (C=O) groups is 1. The van der Waals surface area contributed by atoms with E-state index < -0.39 is 0 Å². The van der Waals surface area contributed by atoms with E-state index in [1.54, 1.807) is 13.2 Å². The first-order valence-corrected chi connectivity index (χ1v) is 12.4. The summed E-state index contributed by atoms with van der Waals surface area (Å²) in [5.41, 5.74) is 5.54. The van der Waals surface area contributed by atoms with Crippen LogP contribution in [0.25, 0.3) is 16.7 Å². The fourth-order valence-corrected chi connectivity index (χ4v) is 3.85. The first-order chi connectivity index (χ1) is 17.7. The van der Waals surface area contributed by atoms with E-state index in [4.69, 9.17) is 14.0 Å². The van der Waals surface area contributed by atoms with Gasteiger partial charge in [-0.05, 0) is 35.9 Å². The Labute approximate surface area is 217 Å². The van der Waals surface area contributed by atoms with E-state index in [0.29, 0.717) is 25.7 Å². The van der Waals surface area contributed by atoms with Gasteiger partial charge in [-0.25, -0.2) is 4.98 Å². The molecule has 2 heterocycles. The molecule has 1 N–H and O–H groups in total. The minimum absolute atomic E-state index is 0.143. The number of aromatic nitrogens is 3. The zero-order valence-corrected chi connectivity index (χ0v) is 22.2. The van der Waals surface area contributed by atoms with Gasteiger partial charge in [-0.15, -0.1) is 0 Å². The van der Waals surface area contributed by atoms with Crippen LogP contribution in [-0.4, -0.2) is 61.1 Å². The molecule has 2 aromatic heterocycles. The lowest BCUT2D eigenvalue weighted by Gasteiger charge is -2.19. The predicted octanol–water partition coefficient (Wildman–Crippen LogP) is 4.59. The third kappa shape index (κ3) is 6.75. The number of imidazole rings is 1. The zero-order chi connectivity index (χ0) is 26.4. The van der Waals surface area contributed by atoms with Gasteiger partial charge < -0.3 is 18.9 Å². The number of nitrogens with zero attached hydrogens (tertiary/aromatic N) is 4. The Balaban J connectivity index is 1.37. The van der Waals surface area contributed by atoms with Crippen LogP contribution in [-0.2, 0) is 26.1 Å². The maximum Gasteiger partial charge on any atom is 0.231 e. The van der Waals surface area contributed by atoms with Crippen molar-refractivity contribution in [1.82, 2.24) is 14.7 Å². The summed E-state index contributed by atoms with van der Waals surface area (Å²) in [4.78, 5) is 19.2. The molecule has 0 aliphatic heterocycles. The van der Waals surface area contributed by atoms with E-state index in [1.165, 1.54) is 0 Å². The molecule has 0 unspecified atom stereocenters. The Hall–Kier alpha value is -3.69. The third-order valence-electron chi connectivity index (χ3n) is 6.09. The molecule has 4 rings (SSSR count). The van der Waals surface area contributed by atoms with Gasteiger partial charge in [-0.3, -0.25) is 14.7 Å². The lowest BCUT2D eigenvalue weighted by Crippen LogP contribution is -2.23. The topological polar surface area (TPSA) is 94.7 Å². The normalized spacial score (nSPS) is 11.7. The number of likely N-dealkylation sites (N-methyl/N-ethyl adjacent to an activating group) is 1. The summed E-state index contributed by atoms with van der Waals surface area (Å²) in [6, 6.07) is 15.9. The van der Waals surface area contributed by atoms with Gasteiger partial charge in [0.25, 0.3) is 0 Å². The maximum atomic E-state index is 12.5. The van der Waals surface area contributed by atoms with Crippen LogP contribution in [0.5, 0.6) is 0 Å². The molecule has 196 valence electrons. The molecule has 0 radical (unpaired) electrons. The highest BCUT2D eigenvalue weighted by Gasteiger charge is 2.19. The number of ether oxygens (including phenoxy) is 2. The van der Waals surface area contributed by atoms with Crippen LogP contribution in [0.1, 0.15) is 32.0 Å². The summed E-state index contributed by atoms with van der Waals surface area (Å²) in [5, 5.41) is 6.82. The number of hydrogen-bond donors (Lipinski definition) is 1. The molecular formula is C28H35N5O4. The molecule has 4 aromatic rings. The number of benzene rings is 2. The van der Waals surface area contributed by atoms with Crippen molar-refractivity contribution in [3.63, 3.8) is 0 Å². The van der Waals surface area contributed by atoms with Gasteiger partial charge in [0.1, 0.15) is 6.33 Å². The first-order valence-electron chi connectivity index (χ1n) is 12.4. The van der Waals surface area contributed by atoms with E-state index in [0.717, 1.165) is 40.2 Å². The number of amides is 1. The van der Waals surface area contributed by atoms with Crippen molar-refractivity contribution in [1.29, 1.82) is 0 Å². The summed E-state index contributed by atoms with van der Waals surface area (Å²) in [5.74, 6) is 0.207. The first kappa shape index (κ1) is 26.4. The number of hydrogen-bond acceptors (Lipinski definition) is 7. The molecule has 0 atom stereocenters. The smallest absolute Gasteiger partial charge is 0.231 e. The van der Waals surface area contributed by atoms with Gasteiger partial charge in [-0.1, -0.05) is 38.1 Å². The Morgan fingerprint density at radius 3 is 2.57 bits per heavy atom. The van der Waals surface area contributed by atoms with Crippen molar-refractivity contribution in [2.45, 2.75) is 32.6 Å². The van der Waals surface area contributed by atoms with Crippen molar-refractivity contribution < 1.29 is 18.8 Å². The molecule has 0 saturated heterocycles. The molecule has 0 bridgehead atoms. The quantitative estimate of drug-likeness (QED) is 0.298. The van der Waals surface area contributed by atoms with Crippen LogP contribution in [0.4, 0.5) is 11.6 Å². The molecule has 0 fully saturated rings. The van der Waals surface area contributed by atoms with Gasteiger partial charge in [0.15, 0.2) is 0 Å². The van der Waals surface area contributed by atoms with E-state index in [-0.39, 0.29) is 17.7 Å². The summed E-state index contributed by atoms with van der Waals surface area (Å²) in [7, 11) is 3.71. The van der Waals surface area contributed by atoms with E-state index in [2.05, 4.69) is 38.6 Å². The van der Waals surface area contributed by atoms with Crippen molar-refractivity contribution in [2.24, 2.45) is 0 Å². The molecule has 1 amide bonds. The van der Waals surface area contributed by atoms with Gasteiger partial charge in [-0.2, -0.15) is 0 Å². The minimum Gasteiger partial charge on any atom is -0.382 e. The second-order valence-corrected chi connectivity index (χ2v) is 10.0. The summed E-state index contributed by atoms with van der Waals surface area (Å²) in [6.07, 6.45) is 2.06. The Bertz CT molecular complexity index is 1320. The van der Waals surface area contributed by atoms with Crippen LogP contribution in [0.2, 0.25) is 0 Å². The lowest BCUT2D eigenvalue weighted by molar-refractivity contribution is -0.115. The van der Waals surface area contributed by atoms with Crippen LogP contribution < -0.4 is 10.2 Å². The fourth-order valence-electron chi connectivity index (χ4n) is 3.85. The van der Waals surface area contributed by atoms with Gasteiger partial charge in [0.2, 0.25) is 11.8 Å². The summed E-state index contributed by atoms with van der Waals surface area (Å²) < 4.78 is 17.9. The summed E-state index contributed by atoms with van der Waals surface area (Å²) in [6.45, 7) is 8.73. The van der Waals surface area contributed by atoms with Crippen LogP contribution in [0, 0.1) is 0 Å². The number of anilines is 2. The third-order valence-corrected chi connectivity index (χ3v) is 6.09. The largest absolute Gasteiger partial charge is 0.382 e. The van der Waals surface area contributed by atoms with E-state index in [9.17, 15) is 4.79 Å². The molecule has 9 nitrogen and oxygen atoms in total. The molecule has 0 aliphatic carbocycles. The lowest BCUT2D eigenvalue weighted by atomic mass is 9.92. The van der Waals surface area contributed by atoms with Crippen molar-refractivity contribution in [2.75, 3.05) is 50.7 Å². The number of methoxy groups -OCH3 is 1. The highest BCUT2D eigenvalue weighted by molar-refractivity contribution is 5.91. The second-order valence-electron chi connectivity index (χ2n) is 10.0. The average molecular weight is 506 g/mol. The number of nitrogens with one attached hydrogen (secondary N) is 1. The Kier molecular flexibility index (Phi) is 8.25. The second kappa shape index (κ2) is 11.6.